The van der Waals surface area contributed by atoms with Crippen LogP contribution in [0.3, 0.4) is 0 Å². The lowest BCUT2D eigenvalue weighted by Gasteiger charge is -2.14. The van der Waals surface area contributed by atoms with E-state index in [1.54, 1.807) is 24.3 Å². The van der Waals surface area contributed by atoms with Gasteiger partial charge in [-0.1, -0.05) is 25.5 Å². The van der Waals surface area contributed by atoms with Crippen LogP contribution in [-0.4, -0.2) is 24.2 Å². The van der Waals surface area contributed by atoms with E-state index in [-0.39, 0.29) is 24.9 Å². The third-order valence-corrected chi connectivity index (χ3v) is 2.87. The smallest absolute Gasteiger partial charge is 0.253 e. The maximum atomic E-state index is 11.8. The first-order valence-corrected chi connectivity index (χ1v) is 5.92. The van der Waals surface area contributed by atoms with Gasteiger partial charge in [0, 0.05) is 18.8 Å². The first kappa shape index (κ1) is 16.7. The second-order valence-corrected chi connectivity index (χ2v) is 4.08. The summed E-state index contributed by atoms with van der Waals surface area (Å²) in [7, 11) is 0. The zero-order valence-electron chi connectivity index (χ0n) is 10.6. The van der Waals surface area contributed by atoms with Crippen molar-refractivity contribution >= 4 is 24.0 Å². The molecule has 1 atom stereocenters. The van der Waals surface area contributed by atoms with Gasteiger partial charge in [0.15, 0.2) is 0 Å². The van der Waals surface area contributed by atoms with Crippen LogP contribution < -0.4 is 11.1 Å². The van der Waals surface area contributed by atoms with E-state index in [0.717, 1.165) is 6.42 Å². The van der Waals surface area contributed by atoms with E-state index >= 15 is 0 Å². The van der Waals surface area contributed by atoms with Gasteiger partial charge in [0.25, 0.3) is 5.91 Å². The summed E-state index contributed by atoms with van der Waals surface area (Å²) in [6, 6.07) is 7.00. The highest BCUT2D eigenvalue weighted by molar-refractivity contribution is 5.99. The number of aliphatic hydroxyl groups excluding tert-OH is 1. The second-order valence-electron chi connectivity index (χ2n) is 4.08. The lowest BCUT2D eigenvalue weighted by Crippen LogP contribution is -2.30. The Morgan fingerprint density at radius 2 is 2.11 bits per heavy atom. The molecule has 0 spiro atoms. The number of benzene rings is 1. The highest BCUT2D eigenvalue weighted by Gasteiger charge is 2.11. The van der Waals surface area contributed by atoms with Crippen LogP contribution in [0.2, 0.25) is 0 Å². The van der Waals surface area contributed by atoms with Crippen LogP contribution in [0, 0.1) is 5.92 Å². The number of nitrogen functional groups attached to an aromatic ring is 1. The molecule has 0 aromatic heterocycles. The Morgan fingerprint density at radius 1 is 1.44 bits per heavy atom. The average Bonchev–Trinajstić information content (AvgIpc) is 2.34. The fraction of sp³-hybridized carbons (Fsp3) is 0.462. The summed E-state index contributed by atoms with van der Waals surface area (Å²) >= 11 is 0. The molecule has 102 valence electrons. The third kappa shape index (κ3) is 4.94. The number of carbonyl (C=O) groups excluding carboxylic acids is 1. The molecule has 0 aliphatic rings. The van der Waals surface area contributed by atoms with Gasteiger partial charge in [-0.2, -0.15) is 0 Å². The van der Waals surface area contributed by atoms with Crippen LogP contribution in [-0.2, 0) is 0 Å². The van der Waals surface area contributed by atoms with Gasteiger partial charge in [-0.15, -0.1) is 12.4 Å². The summed E-state index contributed by atoms with van der Waals surface area (Å²) < 4.78 is 0. The first-order chi connectivity index (χ1) is 8.19. The summed E-state index contributed by atoms with van der Waals surface area (Å²) in [4.78, 5) is 11.8. The minimum absolute atomic E-state index is 0. The molecular weight excluding hydrogens is 252 g/mol. The quantitative estimate of drug-likeness (QED) is 0.692. The van der Waals surface area contributed by atoms with E-state index in [0.29, 0.717) is 30.1 Å². The number of nitrogens with two attached hydrogens (primary N) is 1. The number of rotatable bonds is 6. The number of para-hydroxylation sites is 1. The predicted octanol–water partition coefficient (Wildman–Crippen LogP) is 1.83. The molecule has 1 unspecified atom stereocenters. The summed E-state index contributed by atoms with van der Waals surface area (Å²) in [5, 5.41) is 11.7. The van der Waals surface area contributed by atoms with Crippen molar-refractivity contribution in [2.45, 2.75) is 19.8 Å². The van der Waals surface area contributed by atoms with Crippen molar-refractivity contribution in [1.29, 1.82) is 0 Å². The first-order valence-electron chi connectivity index (χ1n) is 5.92. The van der Waals surface area contributed by atoms with Gasteiger partial charge in [-0.05, 0) is 24.5 Å². The summed E-state index contributed by atoms with van der Waals surface area (Å²) in [6.07, 6.45) is 1.65. The Morgan fingerprint density at radius 3 is 2.67 bits per heavy atom. The van der Waals surface area contributed by atoms with E-state index in [9.17, 15) is 4.79 Å². The van der Waals surface area contributed by atoms with Crippen molar-refractivity contribution in [1.82, 2.24) is 5.32 Å². The number of carbonyl (C=O) groups is 1. The maximum Gasteiger partial charge on any atom is 0.253 e. The molecule has 4 nitrogen and oxygen atoms in total. The Bertz CT molecular complexity index is 372. The van der Waals surface area contributed by atoms with Crippen molar-refractivity contribution in [2.24, 2.45) is 5.92 Å². The molecule has 1 aromatic carbocycles. The molecule has 0 radical (unpaired) electrons. The molecule has 0 saturated carbocycles. The molecule has 0 bridgehead atoms. The highest BCUT2D eigenvalue weighted by Crippen LogP contribution is 2.11. The van der Waals surface area contributed by atoms with Gasteiger partial charge in [0.1, 0.15) is 0 Å². The van der Waals surface area contributed by atoms with Crippen molar-refractivity contribution in [3.05, 3.63) is 29.8 Å². The van der Waals surface area contributed by atoms with Gasteiger partial charge in [0.2, 0.25) is 0 Å². The number of nitrogens with one attached hydrogen (secondary N) is 1. The number of amides is 1. The van der Waals surface area contributed by atoms with Crippen LogP contribution in [0.4, 0.5) is 5.69 Å². The van der Waals surface area contributed by atoms with E-state index in [2.05, 4.69) is 5.32 Å². The molecule has 4 N–H and O–H groups in total. The van der Waals surface area contributed by atoms with Crippen molar-refractivity contribution < 1.29 is 9.90 Å². The molecule has 0 saturated heterocycles. The van der Waals surface area contributed by atoms with Crippen molar-refractivity contribution in [2.75, 3.05) is 18.9 Å². The molecule has 1 rings (SSSR count). The molecule has 0 aliphatic carbocycles. The van der Waals surface area contributed by atoms with Crippen LogP contribution >= 0.6 is 12.4 Å². The number of hydrogen-bond donors (Lipinski definition) is 3. The Balaban J connectivity index is 0.00000289. The zero-order valence-corrected chi connectivity index (χ0v) is 11.4. The Labute approximate surface area is 114 Å². The fourth-order valence-corrected chi connectivity index (χ4v) is 1.67. The van der Waals surface area contributed by atoms with Gasteiger partial charge >= 0.3 is 0 Å². The topological polar surface area (TPSA) is 75.3 Å². The normalized spacial score (nSPS) is 11.4. The molecule has 1 aromatic rings. The summed E-state index contributed by atoms with van der Waals surface area (Å²) in [5.41, 5.74) is 6.71. The van der Waals surface area contributed by atoms with Gasteiger partial charge in [-0.3, -0.25) is 4.79 Å². The highest BCUT2D eigenvalue weighted by atomic mass is 35.5. The number of halogens is 1. The van der Waals surface area contributed by atoms with E-state index in [4.69, 9.17) is 10.8 Å². The molecule has 1 amide bonds. The fourth-order valence-electron chi connectivity index (χ4n) is 1.67. The maximum absolute atomic E-state index is 11.8. The number of hydrogen-bond acceptors (Lipinski definition) is 3. The standard InChI is InChI=1S/C13H20N2O2.ClH/c1-2-10(7-8-16)9-15-13(17)11-5-3-4-6-12(11)14;/h3-6,10,16H,2,7-9,14H2,1H3,(H,15,17);1H. The van der Waals surface area contributed by atoms with Crippen LogP contribution in [0.5, 0.6) is 0 Å². The number of anilines is 1. The predicted molar refractivity (Wildman–Crippen MR) is 75.9 cm³/mol. The minimum Gasteiger partial charge on any atom is -0.398 e. The lowest BCUT2D eigenvalue weighted by molar-refractivity contribution is 0.0944. The zero-order chi connectivity index (χ0) is 12.7. The average molecular weight is 273 g/mol. The van der Waals surface area contributed by atoms with Crippen molar-refractivity contribution in [3.63, 3.8) is 0 Å². The Hall–Kier alpha value is -1.26. The SMILES string of the molecule is CCC(CCO)CNC(=O)c1ccccc1N.Cl. The largest absolute Gasteiger partial charge is 0.398 e. The van der Waals surface area contributed by atoms with E-state index < -0.39 is 0 Å². The molecular formula is C13H21ClN2O2. The lowest BCUT2D eigenvalue weighted by atomic mass is 10.0. The van der Waals surface area contributed by atoms with Crippen molar-refractivity contribution in [3.8, 4) is 0 Å². The number of aliphatic hydroxyl groups is 1. The van der Waals surface area contributed by atoms with Gasteiger partial charge in [0.05, 0.1) is 5.56 Å². The summed E-state index contributed by atoms with van der Waals surface area (Å²) in [6.45, 7) is 2.77. The minimum atomic E-state index is -0.153. The van der Waals surface area contributed by atoms with Gasteiger partial charge in [-0.25, -0.2) is 0 Å². The molecule has 5 heteroatoms. The molecule has 0 aliphatic heterocycles. The Kier molecular flexibility index (Phi) is 8.16. The van der Waals surface area contributed by atoms with E-state index in [1.165, 1.54) is 0 Å². The molecule has 18 heavy (non-hydrogen) atoms. The van der Waals surface area contributed by atoms with Crippen LogP contribution in [0.15, 0.2) is 24.3 Å². The second kappa shape index (κ2) is 8.78. The van der Waals surface area contributed by atoms with Gasteiger partial charge < -0.3 is 16.2 Å². The summed E-state index contributed by atoms with van der Waals surface area (Å²) in [5.74, 6) is 0.161. The molecule has 0 fully saturated rings. The van der Waals surface area contributed by atoms with E-state index in [1.807, 2.05) is 6.92 Å². The van der Waals surface area contributed by atoms with Crippen LogP contribution in [0.1, 0.15) is 30.1 Å². The molecule has 0 heterocycles. The monoisotopic (exact) mass is 272 g/mol. The van der Waals surface area contributed by atoms with Crippen LogP contribution in [0.25, 0.3) is 0 Å². The third-order valence-electron chi connectivity index (χ3n) is 2.87.